The summed E-state index contributed by atoms with van der Waals surface area (Å²) in [5, 5.41) is 14.9. The average Bonchev–Trinajstić information content (AvgIpc) is 3.50. The van der Waals surface area contributed by atoms with Gasteiger partial charge in [0.15, 0.2) is 0 Å². The Morgan fingerprint density at radius 3 is 2.47 bits per heavy atom. The molecule has 1 aromatic heterocycles. The summed E-state index contributed by atoms with van der Waals surface area (Å²) in [6, 6.07) is 5.35. The van der Waals surface area contributed by atoms with Crippen molar-refractivity contribution in [2.75, 3.05) is 6.54 Å². The maximum atomic E-state index is 13.3. The van der Waals surface area contributed by atoms with Gasteiger partial charge in [0.05, 0.1) is 12.4 Å². The van der Waals surface area contributed by atoms with Gasteiger partial charge in [-0.1, -0.05) is 30.3 Å². The number of hydrogen-bond donors (Lipinski definition) is 5. The van der Waals surface area contributed by atoms with Crippen LogP contribution in [0.25, 0.3) is 0 Å². The van der Waals surface area contributed by atoms with Crippen molar-refractivity contribution in [3.8, 4) is 0 Å². The fraction of sp³-hybridized carbons (Fsp3) is 0.435. The standard InChI is InChI=1S/C23H30N6O5/c1-14(24)20(30)27-17(10-15-6-3-2-4-7-15)21(31)28-18(11-16-12-25-13-26-16)22(32)29-9-5-8-19(29)23(33)34/h2-4,6-7,12-14,17-19H,5,8-11,24H2,1H3,(H,25,26)(H,27,30)(H,28,31)(H,33,34). The van der Waals surface area contributed by atoms with Gasteiger partial charge in [0.2, 0.25) is 17.7 Å². The van der Waals surface area contributed by atoms with Crippen molar-refractivity contribution in [3.63, 3.8) is 0 Å². The number of nitrogens with zero attached hydrogens (tertiary/aromatic N) is 2. The van der Waals surface area contributed by atoms with Crippen LogP contribution in [0.1, 0.15) is 31.0 Å². The van der Waals surface area contributed by atoms with Crippen molar-refractivity contribution in [3.05, 3.63) is 54.1 Å². The molecule has 0 bridgehead atoms. The quantitative estimate of drug-likeness (QED) is 0.314. The third kappa shape index (κ3) is 6.41. The molecule has 1 fully saturated rings. The number of carboxylic acid groups (broad SMARTS) is 1. The number of carbonyl (C=O) groups excluding carboxylic acids is 3. The highest BCUT2D eigenvalue weighted by molar-refractivity contribution is 5.94. The fourth-order valence-corrected chi connectivity index (χ4v) is 3.94. The first-order valence-corrected chi connectivity index (χ1v) is 11.2. The molecule has 0 spiro atoms. The molecule has 3 rings (SSSR count). The Kier molecular flexibility index (Phi) is 8.36. The second-order valence-electron chi connectivity index (χ2n) is 8.41. The van der Waals surface area contributed by atoms with Crippen LogP contribution in [0.4, 0.5) is 0 Å². The molecule has 4 unspecified atom stereocenters. The number of likely N-dealkylation sites (tertiary alicyclic amines) is 1. The van der Waals surface area contributed by atoms with Crippen LogP contribution in [0.5, 0.6) is 0 Å². The van der Waals surface area contributed by atoms with Gasteiger partial charge in [-0.05, 0) is 25.3 Å². The summed E-state index contributed by atoms with van der Waals surface area (Å²) in [7, 11) is 0. The normalized spacial score (nSPS) is 18.1. The highest BCUT2D eigenvalue weighted by Crippen LogP contribution is 2.19. The summed E-state index contributed by atoms with van der Waals surface area (Å²) >= 11 is 0. The minimum absolute atomic E-state index is 0.0900. The van der Waals surface area contributed by atoms with E-state index in [0.717, 1.165) is 5.56 Å². The topological polar surface area (TPSA) is 171 Å². The van der Waals surface area contributed by atoms with Crippen LogP contribution in [0, 0.1) is 0 Å². The number of imidazole rings is 1. The Bertz CT molecular complexity index is 995. The summed E-state index contributed by atoms with van der Waals surface area (Å²) in [4.78, 5) is 58.7. The Hall–Kier alpha value is -3.73. The Balaban J connectivity index is 1.82. The zero-order valence-corrected chi connectivity index (χ0v) is 18.9. The van der Waals surface area contributed by atoms with Crippen LogP contribution in [0.15, 0.2) is 42.9 Å². The van der Waals surface area contributed by atoms with E-state index in [1.807, 2.05) is 30.3 Å². The summed E-state index contributed by atoms with van der Waals surface area (Å²) in [5.41, 5.74) is 7.09. The van der Waals surface area contributed by atoms with Crippen molar-refractivity contribution >= 4 is 23.7 Å². The second-order valence-corrected chi connectivity index (χ2v) is 8.41. The van der Waals surface area contributed by atoms with Gasteiger partial charge in [-0.25, -0.2) is 9.78 Å². The number of carbonyl (C=O) groups is 4. The molecule has 1 saturated heterocycles. The number of nitrogens with one attached hydrogen (secondary N) is 3. The number of aromatic amines is 1. The van der Waals surface area contributed by atoms with Gasteiger partial charge in [0.25, 0.3) is 0 Å². The molecule has 1 aliphatic rings. The predicted octanol–water partition coefficient (Wildman–Crippen LogP) is -0.413. The van der Waals surface area contributed by atoms with Crippen molar-refractivity contribution < 1.29 is 24.3 Å². The maximum absolute atomic E-state index is 13.3. The van der Waals surface area contributed by atoms with E-state index in [2.05, 4.69) is 20.6 Å². The molecule has 2 heterocycles. The van der Waals surface area contributed by atoms with E-state index in [9.17, 15) is 24.3 Å². The molecule has 6 N–H and O–H groups in total. The van der Waals surface area contributed by atoms with Crippen LogP contribution >= 0.6 is 0 Å². The lowest BCUT2D eigenvalue weighted by atomic mass is 10.0. The molecule has 11 heteroatoms. The predicted molar refractivity (Wildman–Crippen MR) is 122 cm³/mol. The first-order valence-electron chi connectivity index (χ1n) is 11.2. The van der Waals surface area contributed by atoms with Crippen LogP contribution in [0.2, 0.25) is 0 Å². The molecule has 11 nitrogen and oxygen atoms in total. The third-order valence-electron chi connectivity index (χ3n) is 5.74. The molecular weight excluding hydrogens is 440 g/mol. The number of amides is 3. The lowest BCUT2D eigenvalue weighted by Gasteiger charge is -2.28. The Morgan fingerprint density at radius 2 is 1.85 bits per heavy atom. The summed E-state index contributed by atoms with van der Waals surface area (Å²) in [6.45, 7) is 1.80. The van der Waals surface area contributed by atoms with Gasteiger partial charge < -0.3 is 31.4 Å². The van der Waals surface area contributed by atoms with Crippen molar-refractivity contribution in [2.24, 2.45) is 5.73 Å². The monoisotopic (exact) mass is 470 g/mol. The molecule has 0 saturated carbocycles. The van der Waals surface area contributed by atoms with Gasteiger partial charge in [-0.2, -0.15) is 0 Å². The van der Waals surface area contributed by atoms with E-state index >= 15 is 0 Å². The van der Waals surface area contributed by atoms with E-state index < -0.39 is 47.9 Å². The summed E-state index contributed by atoms with van der Waals surface area (Å²) < 4.78 is 0. The smallest absolute Gasteiger partial charge is 0.326 e. The van der Waals surface area contributed by atoms with Gasteiger partial charge >= 0.3 is 5.97 Å². The molecule has 0 aliphatic carbocycles. The molecule has 1 aromatic carbocycles. The minimum Gasteiger partial charge on any atom is -0.480 e. The molecule has 2 aromatic rings. The zero-order valence-electron chi connectivity index (χ0n) is 18.9. The van der Waals surface area contributed by atoms with Gasteiger partial charge in [-0.3, -0.25) is 14.4 Å². The number of rotatable bonds is 10. The van der Waals surface area contributed by atoms with Crippen molar-refractivity contribution in [1.82, 2.24) is 25.5 Å². The Morgan fingerprint density at radius 1 is 1.15 bits per heavy atom. The number of hydrogen-bond acceptors (Lipinski definition) is 6. The molecular formula is C23H30N6O5. The number of nitrogens with two attached hydrogens (primary N) is 1. The Labute approximate surface area is 197 Å². The molecule has 34 heavy (non-hydrogen) atoms. The van der Waals surface area contributed by atoms with Crippen LogP contribution in [-0.4, -0.2) is 74.4 Å². The summed E-state index contributed by atoms with van der Waals surface area (Å²) in [6.07, 6.45) is 4.19. The number of benzene rings is 1. The number of aromatic nitrogens is 2. The van der Waals surface area contributed by atoms with Gasteiger partial charge in [0, 0.05) is 31.3 Å². The number of H-pyrrole nitrogens is 1. The molecule has 1 aliphatic heterocycles. The van der Waals surface area contributed by atoms with E-state index in [1.165, 1.54) is 24.3 Å². The first-order chi connectivity index (χ1) is 16.3. The van der Waals surface area contributed by atoms with E-state index in [1.54, 1.807) is 0 Å². The SMILES string of the molecule is CC(N)C(=O)NC(Cc1ccccc1)C(=O)NC(Cc1cnc[nH]1)C(=O)N1CCCC1C(=O)O. The van der Waals surface area contributed by atoms with Gasteiger partial charge in [-0.15, -0.1) is 0 Å². The van der Waals surface area contributed by atoms with E-state index in [0.29, 0.717) is 25.1 Å². The van der Waals surface area contributed by atoms with Crippen molar-refractivity contribution in [1.29, 1.82) is 0 Å². The lowest BCUT2D eigenvalue weighted by Crippen LogP contribution is -2.58. The van der Waals surface area contributed by atoms with E-state index in [-0.39, 0.29) is 12.8 Å². The highest BCUT2D eigenvalue weighted by atomic mass is 16.4. The van der Waals surface area contributed by atoms with Crippen molar-refractivity contribution in [2.45, 2.75) is 56.8 Å². The van der Waals surface area contributed by atoms with E-state index in [4.69, 9.17) is 5.73 Å². The lowest BCUT2D eigenvalue weighted by molar-refractivity contribution is -0.149. The van der Waals surface area contributed by atoms with Crippen LogP contribution < -0.4 is 16.4 Å². The molecule has 4 atom stereocenters. The first kappa shape index (κ1) is 24.9. The average molecular weight is 471 g/mol. The fourth-order valence-electron chi connectivity index (χ4n) is 3.94. The third-order valence-corrected chi connectivity index (χ3v) is 5.74. The number of aliphatic carboxylic acids is 1. The van der Waals surface area contributed by atoms with Gasteiger partial charge in [0.1, 0.15) is 18.1 Å². The zero-order chi connectivity index (χ0) is 24.7. The van der Waals surface area contributed by atoms with Crippen LogP contribution in [0.3, 0.4) is 0 Å². The second kappa shape index (κ2) is 11.4. The summed E-state index contributed by atoms with van der Waals surface area (Å²) in [5.74, 6) is -2.65. The number of carboxylic acids is 1. The molecule has 182 valence electrons. The maximum Gasteiger partial charge on any atom is 0.326 e. The minimum atomic E-state index is -1.08. The highest BCUT2D eigenvalue weighted by Gasteiger charge is 2.38. The molecule has 0 radical (unpaired) electrons. The van der Waals surface area contributed by atoms with Crippen LogP contribution in [-0.2, 0) is 32.0 Å². The molecule has 3 amide bonds. The largest absolute Gasteiger partial charge is 0.480 e.